The smallest absolute Gasteiger partial charge is 0.330 e. The van der Waals surface area contributed by atoms with E-state index in [0.717, 1.165) is 35.2 Å². The fraction of sp³-hybridized carbons (Fsp3) is 0.391. The monoisotopic (exact) mass is 449 g/mol. The van der Waals surface area contributed by atoms with Crippen LogP contribution in [-0.4, -0.2) is 28.1 Å². The highest BCUT2D eigenvalue weighted by molar-refractivity contribution is 8.00. The van der Waals surface area contributed by atoms with Gasteiger partial charge in [0.15, 0.2) is 0 Å². The number of hydrogen-bond acceptors (Lipinski definition) is 5. The molecule has 3 nitrogen and oxygen atoms in total. The van der Waals surface area contributed by atoms with Crippen LogP contribution in [0.4, 0.5) is 8.78 Å². The molecule has 0 spiro atoms. The van der Waals surface area contributed by atoms with E-state index in [1.54, 1.807) is 43.9 Å². The molecule has 1 saturated carbocycles. The Morgan fingerprint density at radius 1 is 1.30 bits per heavy atom. The Kier molecular flexibility index (Phi) is 8.33. The van der Waals surface area contributed by atoms with Crippen LogP contribution in [0.15, 0.2) is 52.5 Å². The number of aromatic nitrogens is 1. The van der Waals surface area contributed by atoms with Crippen LogP contribution in [0, 0.1) is 11.6 Å². The maximum absolute atomic E-state index is 14.8. The van der Waals surface area contributed by atoms with Gasteiger partial charge in [-0.3, -0.25) is 0 Å². The molecule has 7 heteroatoms. The second kappa shape index (κ2) is 11.0. The van der Waals surface area contributed by atoms with Crippen LogP contribution < -0.4 is 0 Å². The number of pyridine rings is 1. The zero-order chi connectivity index (χ0) is 21.5. The van der Waals surface area contributed by atoms with Crippen LogP contribution in [-0.2, 0) is 9.53 Å². The van der Waals surface area contributed by atoms with Crippen molar-refractivity contribution in [2.45, 2.75) is 60.0 Å². The molecule has 0 amide bonds. The van der Waals surface area contributed by atoms with Gasteiger partial charge in [0.05, 0.1) is 11.5 Å². The number of halogens is 2. The Morgan fingerprint density at radius 3 is 2.67 bits per heavy atom. The van der Waals surface area contributed by atoms with Crippen molar-refractivity contribution in [3.63, 3.8) is 0 Å². The fourth-order valence-corrected chi connectivity index (χ4v) is 5.52. The third-order valence-corrected chi connectivity index (χ3v) is 7.26. The number of carbonyl (C=O) groups is 1. The largest absolute Gasteiger partial charge is 0.463 e. The van der Waals surface area contributed by atoms with Crippen LogP contribution in [0.2, 0.25) is 0 Å². The number of thioether (sulfide) groups is 2. The van der Waals surface area contributed by atoms with Crippen molar-refractivity contribution in [1.82, 2.24) is 4.98 Å². The van der Waals surface area contributed by atoms with Gasteiger partial charge in [0.25, 0.3) is 0 Å². The summed E-state index contributed by atoms with van der Waals surface area (Å²) in [7, 11) is 0. The molecule has 0 N–H and O–H groups in total. The predicted molar refractivity (Wildman–Crippen MR) is 119 cm³/mol. The normalized spacial score (nSPS) is 15.6. The summed E-state index contributed by atoms with van der Waals surface area (Å²) >= 11 is 2.72. The summed E-state index contributed by atoms with van der Waals surface area (Å²) in [5.41, 5.74) is 1.23. The average molecular weight is 450 g/mol. The van der Waals surface area contributed by atoms with Crippen LogP contribution in [0.1, 0.15) is 39.5 Å². The molecule has 1 fully saturated rings. The number of nitrogens with zero attached hydrogens (tertiary/aromatic N) is 1. The average Bonchev–Trinajstić information content (AvgIpc) is 3.23. The molecule has 0 radical (unpaired) electrons. The Labute approximate surface area is 184 Å². The molecule has 3 rings (SSSR count). The third-order valence-electron chi connectivity index (χ3n) is 4.75. The van der Waals surface area contributed by atoms with Gasteiger partial charge in [-0.25, -0.2) is 18.6 Å². The molecule has 1 aliphatic rings. The summed E-state index contributed by atoms with van der Waals surface area (Å²) in [6.45, 7) is 3.77. The summed E-state index contributed by atoms with van der Waals surface area (Å²) < 4.78 is 34.4. The number of benzene rings is 1. The van der Waals surface area contributed by atoms with E-state index in [-0.39, 0.29) is 16.8 Å². The summed E-state index contributed by atoms with van der Waals surface area (Å²) in [6.07, 6.45) is 9.32. The van der Waals surface area contributed by atoms with E-state index in [9.17, 15) is 13.6 Å². The minimum absolute atomic E-state index is 0.0614. The quantitative estimate of drug-likeness (QED) is 0.256. The maximum Gasteiger partial charge on any atom is 0.330 e. The van der Waals surface area contributed by atoms with Crippen molar-refractivity contribution in [3.8, 4) is 11.1 Å². The molecule has 0 aliphatic heterocycles. The van der Waals surface area contributed by atoms with E-state index in [0.29, 0.717) is 10.8 Å². The third kappa shape index (κ3) is 6.08. The first-order valence-corrected chi connectivity index (χ1v) is 11.9. The Hall–Kier alpha value is -1.86. The maximum atomic E-state index is 14.8. The standard InChI is InChI=1S/C23H25F2NO2S2/c1-3-28-21(27)11-10-15(2)29-22-19(24)13-16(14-20(22)25)18-9-6-12-26-23(18)30-17-7-4-5-8-17/h6,9-15,17H,3-5,7-8H2,1-2H3. The molecule has 1 aliphatic carbocycles. The number of rotatable bonds is 8. The van der Waals surface area contributed by atoms with Crippen molar-refractivity contribution in [2.75, 3.05) is 6.61 Å². The number of ether oxygens (including phenoxy) is 1. The highest BCUT2D eigenvalue weighted by atomic mass is 32.2. The lowest BCUT2D eigenvalue weighted by Crippen LogP contribution is -2.02. The van der Waals surface area contributed by atoms with Crippen LogP contribution in [0.3, 0.4) is 0 Å². The molecule has 2 aromatic rings. The summed E-state index contributed by atoms with van der Waals surface area (Å²) in [5, 5.41) is 1.03. The van der Waals surface area contributed by atoms with Crippen molar-refractivity contribution in [2.24, 2.45) is 0 Å². The molecular weight excluding hydrogens is 424 g/mol. The van der Waals surface area contributed by atoms with Gasteiger partial charge >= 0.3 is 5.97 Å². The fourth-order valence-electron chi connectivity index (χ4n) is 3.33. The van der Waals surface area contributed by atoms with E-state index in [1.165, 1.54) is 31.1 Å². The summed E-state index contributed by atoms with van der Waals surface area (Å²) in [4.78, 5) is 15.8. The second-order valence-electron chi connectivity index (χ2n) is 7.08. The number of carbonyl (C=O) groups excluding carboxylic acids is 1. The lowest BCUT2D eigenvalue weighted by molar-refractivity contribution is -0.137. The van der Waals surface area contributed by atoms with Gasteiger partial charge in [0.2, 0.25) is 0 Å². The molecular formula is C23H25F2NO2S2. The van der Waals surface area contributed by atoms with Gasteiger partial charge in [-0.15, -0.1) is 23.5 Å². The lowest BCUT2D eigenvalue weighted by atomic mass is 10.1. The Balaban J connectivity index is 1.79. The molecule has 30 heavy (non-hydrogen) atoms. The van der Waals surface area contributed by atoms with Gasteiger partial charge < -0.3 is 4.74 Å². The predicted octanol–water partition coefficient (Wildman–Crippen LogP) is 6.66. The Bertz CT molecular complexity index is 891. The van der Waals surface area contributed by atoms with Crippen LogP contribution >= 0.6 is 23.5 Å². The van der Waals surface area contributed by atoms with Gasteiger partial charge in [-0.2, -0.15) is 0 Å². The topological polar surface area (TPSA) is 39.2 Å². The first-order valence-electron chi connectivity index (χ1n) is 10.1. The molecule has 1 aromatic heterocycles. The van der Waals surface area contributed by atoms with Crippen molar-refractivity contribution >= 4 is 29.5 Å². The molecule has 1 heterocycles. The molecule has 0 saturated heterocycles. The molecule has 1 aromatic carbocycles. The van der Waals surface area contributed by atoms with E-state index < -0.39 is 17.6 Å². The second-order valence-corrected chi connectivity index (χ2v) is 9.76. The van der Waals surface area contributed by atoms with Crippen molar-refractivity contribution < 1.29 is 18.3 Å². The van der Waals surface area contributed by atoms with E-state index in [4.69, 9.17) is 4.74 Å². The summed E-state index contributed by atoms with van der Waals surface area (Å²) in [6, 6.07) is 6.37. The van der Waals surface area contributed by atoms with Crippen molar-refractivity contribution in [3.05, 3.63) is 54.2 Å². The van der Waals surface area contributed by atoms with E-state index >= 15 is 0 Å². The van der Waals surface area contributed by atoms with Gasteiger partial charge in [0, 0.05) is 28.3 Å². The lowest BCUT2D eigenvalue weighted by Gasteiger charge is -2.14. The van der Waals surface area contributed by atoms with Gasteiger partial charge in [-0.1, -0.05) is 25.0 Å². The number of esters is 1. The first-order chi connectivity index (χ1) is 14.5. The Morgan fingerprint density at radius 2 is 2.00 bits per heavy atom. The van der Waals surface area contributed by atoms with Gasteiger partial charge in [-0.05, 0) is 50.5 Å². The molecule has 0 bridgehead atoms. The molecule has 160 valence electrons. The highest BCUT2D eigenvalue weighted by Gasteiger charge is 2.21. The zero-order valence-electron chi connectivity index (χ0n) is 17.1. The molecule has 1 unspecified atom stereocenters. The van der Waals surface area contributed by atoms with E-state index in [1.807, 2.05) is 6.07 Å². The first kappa shape index (κ1) is 22.8. The minimum Gasteiger partial charge on any atom is -0.463 e. The van der Waals surface area contributed by atoms with Crippen molar-refractivity contribution in [1.29, 1.82) is 0 Å². The number of hydrogen-bond donors (Lipinski definition) is 0. The van der Waals surface area contributed by atoms with Crippen LogP contribution in [0.5, 0.6) is 0 Å². The minimum atomic E-state index is -0.618. The summed E-state index contributed by atoms with van der Waals surface area (Å²) in [5.74, 6) is -1.70. The van der Waals surface area contributed by atoms with Gasteiger partial charge in [0.1, 0.15) is 16.7 Å². The highest BCUT2D eigenvalue weighted by Crippen LogP contribution is 2.40. The van der Waals surface area contributed by atoms with E-state index in [2.05, 4.69) is 4.98 Å². The molecule has 1 atom stereocenters. The SMILES string of the molecule is CCOC(=O)C=CC(C)Sc1c(F)cc(-c2cccnc2SC2CCCC2)cc1F. The van der Waals surface area contributed by atoms with Crippen LogP contribution in [0.25, 0.3) is 11.1 Å². The zero-order valence-corrected chi connectivity index (χ0v) is 18.7.